The van der Waals surface area contributed by atoms with E-state index in [0.717, 1.165) is 22.6 Å². The second-order valence-electron chi connectivity index (χ2n) is 3.16. The molecule has 2 aromatic heterocycles. The van der Waals surface area contributed by atoms with Gasteiger partial charge in [0.25, 0.3) is 0 Å². The van der Waals surface area contributed by atoms with E-state index in [2.05, 4.69) is 17.1 Å². The summed E-state index contributed by atoms with van der Waals surface area (Å²) in [5, 5.41) is 4.35. The van der Waals surface area contributed by atoms with Crippen LogP contribution in [0.25, 0.3) is 20.5 Å². The van der Waals surface area contributed by atoms with Crippen LogP contribution in [0.1, 0.15) is 0 Å². The van der Waals surface area contributed by atoms with E-state index >= 15 is 0 Å². The van der Waals surface area contributed by atoms with Gasteiger partial charge in [0.05, 0.1) is 9.95 Å². The Balaban J connectivity index is 2.57. The van der Waals surface area contributed by atoms with Crippen LogP contribution in [0.15, 0.2) is 24.3 Å². The minimum Gasteiger partial charge on any atom is -0.333 e. The first-order valence-corrected chi connectivity index (χ1v) is 6.82. The van der Waals surface area contributed by atoms with Crippen molar-refractivity contribution in [2.24, 2.45) is 0 Å². The van der Waals surface area contributed by atoms with Crippen LogP contribution in [0.2, 0.25) is 5.02 Å². The van der Waals surface area contributed by atoms with Crippen molar-refractivity contribution >= 4 is 63.8 Å². The number of aromatic nitrogens is 1. The SMILES string of the molecule is S=c1[nH]c2pc3cccc(Cl)c3cc2s1. The molecular weight excluding hydrogens is 265 g/mol. The van der Waals surface area contributed by atoms with Gasteiger partial charge in [0, 0.05) is 15.5 Å². The fraction of sp³-hybridized carbons (Fsp3) is 0. The van der Waals surface area contributed by atoms with Gasteiger partial charge >= 0.3 is 0 Å². The van der Waals surface area contributed by atoms with E-state index in [4.69, 9.17) is 23.8 Å². The van der Waals surface area contributed by atoms with Gasteiger partial charge in [-0.2, -0.15) is 0 Å². The van der Waals surface area contributed by atoms with Crippen molar-refractivity contribution in [3.63, 3.8) is 0 Å². The number of aromatic amines is 1. The predicted molar refractivity (Wildman–Crippen MR) is 72.0 cm³/mol. The molecule has 0 saturated carbocycles. The van der Waals surface area contributed by atoms with Crippen molar-refractivity contribution in [1.82, 2.24) is 4.98 Å². The summed E-state index contributed by atoms with van der Waals surface area (Å²) in [5.41, 5.74) is 0. The van der Waals surface area contributed by atoms with Gasteiger partial charge in [-0.1, -0.05) is 17.7 Å². The van der Waals surface area contributed by atoms with Gasteiger partial charge < -0.3 is 4.98 Å². The van der Waals surface area contributed by atoms with E-state index in [-0.39, 0.29) is 0 Å². The predicted octanol–water partition coefficient (Wildman–Crippen LogP) is 5.35. The Labute approximate surface area is 102 Å². The molecule has 0 saturated heterocycles. The summed E-state index contributed by atoms with van der Waals surface area (Å²) in [5.74, 6) is 0. The zero-order chi connectivity index (χ0) is 10.4. The average Bonchev–Trinajstić information content (AvgIpc) is 2.55. The van der Waals surface area contributed by atoms with Gasteiger partial charge in [-0.05, 0) is 38.6 Å². The molecule has 1 aromatic carbocycles. The molecule has 0 unspecified atom stereocenters. The molecule has 0 atom stereocenters. The molecule has 0 aliphatic carbocycles. The Morgan fingerprint density at radius 3 is 3.13 bits per heavy atom. The molecule has 0 radical (unpaired) electrons. The Bertz CT molecular complexity index is 716. The van der Waals surface area contributed by atoms with Gasteiger partial charge in [-0.15, -0.1) is 11.3 Å². The number of hydrogen-bond donors (Lipinski definition) is 1. The Morgan fingerprint density at radius 2 is 2.27 bits per heavy atom. The van der Waals surface area contributed by atoms with Crippen LogP contribution in [0.5, 0.6) is 0 Å². The summed E-state index contributed by atoms with van der Waals surface area (Å²) in [6.07, 6.45) is 0. The molecule has 0 amide bonds. The molecule has 15 heavy (non-hydrogen) atoms. The molecule has 74 valence electrons. The van der Waals surface area contributed by atoms with Crippen molar-refractivity contribution in [3.05, 3.63) is 33.2 Å². The Kier molecular flexibility index (Phi) is 2.29. The molecule has 0 aliphatic rings. The van der Waals surface area contributed by atoms with E-state index in [0.29, 0.717) is 0 Å². The molecule has 0 aliphatic heterocycles. The first-order valence-electron chi connectivity index (χ1n) is 4.32. The summed E-state index contributed by atoms with van der Waals surface area (Å²) in [6.45, 7) is 0. The molecule has 2 heterocycles. The quantitative estimate of drug-likeness (QED) is 0.544. The fourth-order valence-corrected chi connectivity index (χ4v) is 4.35. The number of benzene rings is 1. The number of rotatable bonds is 0. The number of thiazole rings is 1. The fourth-order valence-electron chi connectivity index (χ4n) is 1.53. The maximum Gasteiger partial charge on any atom is 0.159 e. The van der Waals surface area contributed by atoms with Crippen molar-refractivity contribution in [1.29, 1.82) is 0 Å². The number of hydrogen-bond acceptors (Lipinski definition) is 2. The zero-order valence-electron chi connectivity index (χ0n) is 7.45. The summed E-state index contributed by atoms with van der Waals surface area (Å²) in [4.78, 5) is 3.20. The molecule has 0 fully saturated rings. The summed E-state index contributed by atoms with van der Waals surface area (Å²) in [6, 6.07) is 8.11. The van der Waals surface area contributed by atoms with Crippen molar-refractivity contribution in [3.8, 4) is 0 Å². The van der Waals surface area contributed by atoms with Crippen LogP contribution in [-0.4, -0.2) is 4.98 Å². The number of nitrogens with one attached hydrogen (secondary N) is 1. The molecule has 0 bridgehead atoms. The summed E-state index contributed by atoms with van der Waals surface area (Å²) >= 11 is 12.9. The van der Waals surface area contributed by atoms with Gasteiger partial charge in [0.15, 0.2) is 3.95 Å². The van der Waals surface area contributed by atoms with Crippen LogP contribution >= 0.6 is 43.3 Å². The number of fused-ring (bicyclic) bond motifs is 2. The van der Waals surface area contributed by atoms with Gasteiger partial charge in [-0.25, -0.2) is 0 Å². The molecule has 5 heteroatoms. The second-order valence-corrected chi connectivity index (χ2v) is 6.43. The third-order valence-corrected chi connectivity index (χ3v) is 5.06. The van der Waals surface area contributed by atoms with E-state index in [1.165, 1.54) is 15.1 Å². The summed E-state index contributed by atoms with van der Waals surface area (Å²) in [7, 11) is 1.16. The van der Waals surface area contributed by atoms with Crippen LogP contribution < -0.4 is 0 Å². The Hall–Kier alpha value is -0.470. The molecule has 1 nitrogen and oxygen atoms in total. The summed E-state index contributed by atoms with van der Waals surface area (Å²) < 4.78 is 2.02. The highest BCUT2D eigenvalue weighted by Gasteiger charge is 2.03. The van der Waals surface area contributed by atoms with Crippen LogP contribution in [0.3, 0.4) is 0 Å². The monoisotopic (exact) mass is 269 g/mol. The molecule has 0 spiro atoms. The zero-order valence-corrected chi connectivity index (χ0v) is 10.7. The second kappa shape index (κ2) is 3.53. The molecule has 1 N–H and O–H groups in total. The van der Waals surface area contributed by atoms with E-state index in [1.807, 2.05) is 12.1 Å². The van der Waals surface area contributed by atoms with Gasteiger partial charge in [-0.3, -0.25) is 0 Å². The highest BCUT2D eigenvalue weighted by atomic mass is 35.5. The van der Waals surface area contributed by atoms with Crippen molar-refractivity contribution in [2.45, 2.75) is 0 Å². The standard InChI is InChI=1S/C10H5ClNPS2/c11-6-2-1-3-7-5(6)4-8-9(13-7)12-10(14)15-8/h1-4H,(H,12,14). The van der Waals surface area contributed by atoms with Crippen molar-refractivity contribution < 1.29 is 0 Å². The maximum atomic E-state index is 6.15. The van der Waals surface area contributed by atoms with E-state index < -0.39 is 0 Å². The third kappa shape index (κ3) is 1.60. The normalized spacial score (nSPS) is 11.8. The minimum atomic E-state index is 0.810. The molecule has 3 rings (SSSR count). The van der Waals surface area contributed by atoms with E-state index in [9.17, 15) is 0 Å². The van der Waals surface area contributed by atoms with Gasteiger partial charge in [0.1, 0.15) is 0 Å². The number of H-pyrrole nitrogens is 1. The maximum absolute atomic E-state index is 6.15. The van der Waals surface area contributed by atoms with Crippen molar-refractivity contribution in [2.75, 3.05) is 0 Å². The lowest BCUT2D eigenvalue weighted by Crippen LogP contribution is -1.70. The highest BCUT2D eigenvalue weighted by molar-refractivity contribution is 7.73. The van der Waals surface area contributed by atoms with Crippen LogP contribution in [-0.2, 0) is 0 Å². The van der Waals surface area contributed by atoms with E-state index in [1.54, 1.807) is 11.3 Å². The minimum absolute atomic E-state index is 0.810. The van der Waals surface area contributed by atoms with Crippen LogP contribution in [0, 0.1) is 3.95 Å². The third-order valence-electron chi connectivity index (χ3n) is 2.19. The largest absolute Gasteiger partial charge is 0.333 e. The smallest absolute Gasteiger partial charge is 0.159 e. The van der Waals surface area contributed by atoms with Gasteiger partial charge in [0.2, 0.25) is 0 Å². The Morgan fingerprint density at radius 1 is 1.40 bits per heavy atom. The topological polar surface area (TPSA) is 15.8 Å². The first kappa shape index (κ1) is 9.73. The van der Waals surface area contributed by atoms with Crippen LogP contribution in [0.4, 0.5) is 0 Å². The lowest BCUT2D eigenvalue weighted by molar-refractivity contribution is 1.50. The first-order chi connectivity index (χ1) is 7.24. The number of halogens is 1. The lowest BCUT2D eigenvalue weighted by Gasteiger charge is -1.98. The average molecular weight is 270 g/mol. The molecular formula is C10H5ClNPS2. The lowest BCUT2D eigenvalue weighted by atomic mass is 10.2. The molecule has 3 aromatic rings. The highest BCUT2D eigenvalue weighted by Crippen LogP contribution is 2.36.